The summed E-state index contributed by atoms with van der Waals surface area (Å²) in [5.74, 6) is 0.895. The molecule has 1 atom stereocenters. The highest BCUT2D eigenvalue weighted by Gasteiger charge is 2.22. The molecule has 1 aliphatic heterocycles. The second-order valence-electron chi connectivity index (χ2n) is 6.71. The van der Waals surface area contributed by atoms with Crippen LogP contribution in [0.15, 0.2) is 24.3 Å². The van der Waals surface area contributed by atoms with E-state index in [2.05, 4.69) is 22.0 Å². The Labute approximate surface area is 150 Å². The number of benzene rings is 1. The lowest BCUT2D eigenvalue weighted by Gasteiger charge is -2.33. The highest BCUT2D eigenvalue weighted by atomic mass is 16.5. The molecule has 25 heavy (non-hydrogen) atoms. The fourth-order valence-corrected chi connectivity index (χ4v) is 3.23. The summed E-state index contributed by atoms with van der Waals surface area (Å²) < 4.78 is 11.3. The van der Waals surface area contributed by atoms with Crippen LogP contribution in [0.5, 0.6) is 5.75 Å². The summed E-state index contributed by atoms with van der Waals surface area (Å²) in [5, 5.41) is 0. The van der Waals surface area contributed by atoms with Crippen molar-refractivity contribution in [2.45, 2.75) is 39.8 Å². The van der Waals surface area contributed by atoms with Crippen LogP contribution in [0, 0.1) is 20.8 Å². The molecule has 0 saturated carbocycles. The molecule has 134 valence electrons. The van der Waals surface area contributed by atoms with Crippen LogP contribution in [-0.2, 0) is 17.7 Å². The summed E-state index contributed by atoms with van der Waals surface area (Å²) in [5.41, 5.74) is 5.37. The maximum atomic E-state index is 5.98. The Hall–Kier alpha value is -1.98. The van der Waals surface area contributed by atoms with E-state index >= 15 is 0 Å². The van der Waals surface area contributed by atoms with E-state index in [1.165, 1.54) is 5.56 Å². The summed E-state index contributed by atoms with van der Waals surface area (Å²) in [6.07, 6.45) is 1.09. The fourth-order valence-electron chi connectivity index (χ4n) is 3.23. The third-order valence-corrected chi connectivity index (χ3v) is 4.77. The van der Waals surface area contributed by atoms with E-state index in [4.69, 9.17) is 14.5 Å². The second-order valence-corrected chi connectivity index (χ2v) is 6.71. The number of hydrogen-bond donors (Lipinski definition) is 0. The molecule has 1 saturated heterocycles. The third-order valence-electron chi connectivity index (χ3n) is 4.77. The Balaban J connectivity index is 1.64. The standard InChI is InChI=1S/C20H27N3O2/c1-14-15(2)22-20(16(3)21-14)13-23-8-9-25-19(12-23)11-17-6-5-7-18(10-17)24-4/h5-7,10,19H,8-9,11-13H2,1-4H3/t19-/m0/s1. The summed E-state index contributed by atoms with van der Waals surface area (Å²) in [4.78, 5) is 11.8. The van der Waals surface area contributed by atoms with E-state index < -0.39 is 0 Å². The van der Waals surface area contributed by atoms with Crippen molar-refractivity contribution < 1.29 is 9.47 Å². The molecule has 2 heterocycles. The minimum absolute atomic E-state index is 0.195. The van der Waals surface area contributed by atoms with Crippen LogP contribution in [-0.4, -0.2) is 47.8 Å². The summed E-state index contributed by atoms with van der Waals surface area (Å²) in [6.45, 7) is 9.51. The van der Waals surface area contributed by atoms with Crippen molar-refractivity contribution in [3.05, 3.63) is 52.6 Å². The summed E-state index contributed by atoms with van der Waals surface area (Å²) >= 11 is 0. The molecule has 5 heteroatoms. The van der Waals surface area contributed by atoms with E-state index in [1.54, 1.807) is 7.11 Å². The molecule has 0 radical (unpaired) electrons. The number of nitrogens with zero attached hydrogens (tertiary/aromatic N) is 3. The number of hydrogen-bond acceptors (Lipinski definition) is 5. The van der Waals surface area contributed by atoms with Crippen molar-refractivity contribution in [3.8, 4) is 5.75 Å². The van der Waals surface area contributed by atoms with E-state index in [1.807, 2.05) is 32.9 Å². The average molecular weight is 341 g/mol. The maximum absolute atomic E-state index is 5.98. The molecule has 5 nitrogen and oxygen atoms in total. The van der Waals surface area contributed by atoms with E-state index in [0.717, 1.165) is 61.2 Å². The highest BCUT2D eigenvalue weighted by molar-refractivity contribution is 5.29. The first-order valence-corrected chi connectivity index (χ1v) is 8.82. The maximum Gasteiger partial charge on any atom is 0.119 e. The lowest BCUT2D eigenvalue weighted by molar-refractivity contribution is -0.0309. The van der Waals surface area contributed by atoms with Crippen molar-refractivity contribution >= 4 is 0 Å². The number of rotatable bonds is 5. The molecule has 1 fully saturated rings. The Morgan fingerprint density at radius 3 is 2.76 bits per heavy atom. The lowest BCUT2D eigenvalue weighted by Crippen LogP contribution is -2.43. The molecule has 2 aromatic rings. The Bertz CT molecular complexity index is 733. The average Bonchev–Trinajstić information content (AvgIpc) is 2.60. The first-order valence-electron chi connectivity index (χ1n) is 8.82. The van der Waals surface area contributed by atoms with Crippen molar-refractivity contribution in [2.75, 3.05) is 26.8 Å². The smallest absolute Gasteiger partial charge is 0.119 e. The zero-order valence-electron chi connectivity index (χ0n) is 15.6. The Morgan fingerprint density at radius 1 is 1.16 bits per heavy atom. The molecule has 1 aliphatic rings. The van der Waals surface area contributed by atoms with Crippen molar-refractivity contribution in [2.24, 2.45) is 0 Å². The van der Waals surface area contributed by atoms with Gasteiger partial charge in [-0.25, -0.2) is 0 Å². The minimum atomic E-state index is 0.195. The number of ether oxygens (including phenoxy) is 2. The van der Waals surface area contributed by atoms with Crippen LogP contribution in [0.2, 0.25) is 0 Å². The molecule has 1 aromatic carbocycles. The summed E-state index contributed by atoms with van der Waals surface area (Å²) in [7, 11) is 1.70. The van der Waals surface area contributed by atoms with Crippen LogP contribution in [0.25, 0.3) is 0 Å². The lowest BCUT2D eigenvalue weighted by atomic mass is 10.1. The normalized spacial score (nSPS) is 18.3. The van der Waals surface area contributed by atoms with E-state index in [0.29, 0.717) is 0 Å². The Kier molecular flexibility index (Phi) is 5.66. The highest BCUT2D eigenvalue weighted by Crippen LogP contribution is 2.18. The molecule has 1 aromatic heterocycles. The molecule has 0 unspecified atom stereocenters. The quantitative estimate of drug-likeness (QED) is 0.837. The predicted molar refractivity (Wildman–Crippen MR) is 98.0 cm³/mol. The first kappa shape index (κ1) is 17.8. The zero-order valence-corrected chi connectivity index (χ0v) is 15.6. The largest absolute Gasteiger partial charge is 0.497 e. The van der Waals surface area contributed by atoms with Crippen LogP contribution in [0.3, 0.4) is 0 Å². The number of morpholine rings is 1. The van der Waals surface area contributed by atoms with Gasteiger partial charge in [-0.2, -0.15) is 0 Å². The fraction of sp³-hybridized carbons (Fsp3) is 0.500. The van der Waals surface area contributed by atoms with Crippen LogP contribution < -0.4 is 4.74 Å². The molecule has 0 aliphatic carbocycles. The monoisotopic (exact) mass is 341 g/mol. The van der Waals surface area contributed by atoms with Gasteiger partial charge in [0.15, 0.2) is 0 Å². The zero-order chi connectivity index (χ0) is 17.8. The molecule has 0 N–H and O–H groups in total. The molecule has 0 spiro atoms. The Morgan fingerprint density at radius 2 is 1.96 bits per heavy atom. The second kappa shape index (κ2) is 7.93. The van der Waals surface area contributed by atoms with Crippen LogP contribution in [0.4, 0.5) is 0 Å². The molecule has 0 amide bonds. The molecular weight excluding hydrogens is 314 g/mol. The van der Waals surface area contributed by atoms with E-state index in [-0.39, 0.29) is 6.10 Å². The van der Waals surface area contributed by atoms with Gasteiger partial charge in [-0.3, -0.25) is 14.9 Å². The van der Waals surface area contributed by atoms with Gasteiger partial charge >= 0.3 is 0 Å². The minimum Gasteiger partial charge on any atom is -0.497 e. The number of methoxy groups -OCH3 is 1. The SMILES string of the molecule is COc1cccc(C[C@H]2CN(Cc3nc(C)c(C)nc3C)CCO2)c1. The molecule has 3 rings (SSSR count). The van der Waals surface area contributed by atoms with Gasteiger partial charge in [-0.05, 0) is 38.5 Å². The molecule has 0 bridgehead atoms. The van der Waals surface area contributed by atoms with Gasteiger partial charge in [0.2, 0.25) is 0 Å². The van der Waals surface area contributed by atoms with Gasteiger partial charge in [0.25, 0.3) is 0 Å². The first-order chi connectivity index (χ1) is 12.0. The van der Waals surface area contributed by atoms with Crippen LogP contribution >= 0.6 is 0 Å². The molecular formula is C20H27N3O2. The van der Waals surface area contributed by atoms with Gasteiger partial charge in [-0.1, -0.05) is 12.1 Å². The van der Waals surface area contributed by atoms with Gasteiger partial charge in [0.05, 0.1) is 42.6 Å². The van der Waals surface area contributed by atoms with Crippen LogP contribution in [0.1, 0.15) is 28.3 Å². The summed E-state index contributed by atoms with van der Waals surface area (Å²) in [6, 6.07) is 8.21. The third kappa shape index (κ3) is 4.55. The van der Waals surface area contributed by atoms with Gasteiger partial charge in [0, 0.05) is 26.1 Å². The predicted octanol–water partition coefficient (Wildman–Crippen LogP) is 2.85. The van der Waals surface area contributed by atoms with Crippen molar-refractivity contribution in [1.82, 2.24) is 14.9 Å². The number of aromatic nitrogens is 2. The number of aryl methyl sites for hydroxylation is 3. The topological polar surface area (TPSA) is 47.5 Å². The van der Waals surface area contributed by atoms with E-state index in [9.17, 15) is 0 Å². The van der Waals surface area contributed by atoms with Crippen molar-refractivity contribution in [1.29, 1.82) is 0 Å². The van der Waals surface area contributed by atoms with Gasteiger partial charge in [-0.15, -0.1) is 0 Å². The van der Waals surface area contributed by atoms with Crippen molar-refractivity contribution in [3.63, 3.8) is 0 Å². The van der Waals surface area contributed by atoms with Gasteiger partial charge in [0.1, 0.15) is 5.75 Å². The van der Waals surface area contributed by atoms with Gasteiger partial charge < -0.3 is 9.47 Å².